The highest BCUT2D eigenvalue weighted by Gasteiger charge is 2.17. The van der Waals surface area contributed by atoms with E-state index in [1.54, 1.807) is 0 Å². The number of hydrogen-bond acceptors (Lipinski definition) is 1. The molecule has 0 amide bonds. The van der Waals surface area contributed by atoms with Crippen molar-refractivity contribution < 1.29 is 0 Å². The third kappa shape index (κ3) is 8.60. The first-order chi connectivity index (χ1) is 8.51. The fourth-order valence-corrected chi connectivity index (χ4v) is 2.73. The van der Waals surface area contributed by atoms with Crippen LogP contribution in [0.3, 0.4) is 0 Å². The summed E-state index contributed by atoms with van der Waals surface area (Å²) in [6.07, 6.45) is 8.09. The molecule has 0 aromatic carbocycles. The van der Waals surface area contributed by atoms with Crippen LogP contribution in [0.1, 0.15) is 73.1 Å². The molecule has 1 nitrogen and oxygen atoms in total. The van der Waals surface area contributed by atoms with Crippen LogP contribution in [-0.2, 0) is 0 Å². The minimum Gasteiger partial charge on any atom is -0.389 e. The Labute approximate surface area is 115 Å². The average Bonchev–Trinajstić information content (AvgIpc) is 2.33. The van der Waals surface area contributed by atoms with Crippen molar-refractivity contribution in [3.8, 4) is 0 Å². The molecule has 0 saturated heterocycles. The van der Waals surface area contributed by atoms with Gasteiger partial charge in [0.1, 0.15) is 0 Å². The summed E-state index contributed by atoms with van der Waals surface area (Å²) in [6.45, 7) is 16.5. The van der Waals surface area contributed by atoms with Crippen molar-refractivity contribution in [1.29, 1.82) is 0 Å². The maximum atomic E-state index is 3.87. The largest absolute Gasteiger partial charge is 0.389 e. The molecule has 0 aromatic heterocycles. The molecule has 0 radical (unpaired) electrons. The van der Waals surface area contributed by atoms with E-state index in [9.17, 15) is 0 Å². The van der Waals surface area contributed by atoms with E-state index in [2.05, 4.69) is 39.6 Å². The molecule has 1 heteroatoms. The second kappa shape index (κ2) is 10.5. The number of rotatable bonds is 11. The van der Waals surface area contributed by atoms with E-state index in [1.165, 1.54) is 38.5 Å². The summed E-state index contributed by atoms with van der Waals surface area (Å²) in [6, 6.07) is 0. The summed E-state index contributed by atoms with van der Waals surface area (Å²) >= 11 is 0. The first-order valence-electron chi connectivity index (χ1n) is 7.90. The van der Waals surface area contributed by atoms with Gasteiger partial charge in [0, 0.05) is 12.2 Å². The molecule has 0 aliphatic heterocycles. The van der Waals surface area contributed by atoms with E-state index < -0.39 is 0 Å². The molecule has 0 bridgehead atoms. The SMILES string of the molecule is C=C(C)NCCCC(C)CC(CCC)C(C)CC. The van der Waals surface area contributed by atoms with Crippen LogP contribution in [0.25, 0.3) is 0 Å². The van der Waals surface area contributed by atoms with Gasteiger partial charge in [0.2, 0.25) is 0 Å². The van der Waals surface area contributed by atoms with Crippen LogP contribution < -0.4 is 5.32 Å². The highest BCUT2D eigenvalue weighted by atomic mass is 14.9. The molecule has 0 heterocycles. The van der Waals surface area contributed by atoms with E-state index >= 15 is 0 Å². The highest BCUT2D eigenvalue weighted by Crippen LogP contribution is 2.28. The summed E-state index contributed by atoms with van der Waals surface area (Å²) in [7, 11) is 0. The van der Waals surface area contributed by atoms with Crippen molar-refractivity contribution in [2.75, 3.05) is 6.54 Å². The zero-order chi connectivity index (χ0) is 14.0. The van der Waals surface area contributed by atoms with E-state index in [1.807, 2.05) is 6.92 Å². The number of allylic oxidation sites excluding steroid dienone is 1. The van der Waals surface area contributed by atoms with Gasteiger partial charge in [0.15, 0.2) is 0 Å². The predicted octanol–water partition coefficient (Wildman–Crippen LogP) is 5.38. The van der Waals surface area contributed by atoms with Crippen molar-refractivity contribution >= 4 is 0 Å². The van der Waals surface area contributed by atoms with Crippen LogP contribution in [0.5, 0.6) is 0 Å². The normalized spacial score (nSPS) is 16.1. The summed E-state index contributed by atoms with van der Waals surface area (Å²) in [5.41, 5.74) is 1.09. The molecule has 3 atom stereocenters. The van der Waals surface area contributed by atoms with Gasteiger partial charge in [-0.1, -0.05) is 53.5 Å². The van der Waals surface area contributed by atoms with Crippen LogP contribution in [-0.4, -0.2) is 6.54 Å². The lowest BCUT2D eigenvalue weighted by Gasteiger charge is -2.26. The van der Waals surface area contributed by atoms with Crippen LogP contribution in [0.15, 0.2) is 12.3 Å². The van der Waals surface area contributed by atoms with Gasteiger partial charge in [-0.2, -0.15) is 0 Å². The molecule has 0 aliphatic carbocycles. The summed E-state index contributed by atoms with van der Waals surface area (Å²) < 4.78 is 0. The van der Waals surface area contributed by atoms with Crippen molar-refractivity contribution in [2.24, 2.45) is 17.8 Å². The quantitative estimate of drug-likeness (QED) is 0.488. The molecule has 1 N–H and O–H groups in total. The molecule has 0 fully saturated rings. The minimum atomic E-state index is 0.863. The first-order valence-corrected chi connectivity index (χ1v) is 7.90. The Kier molecular flexibility index (Phi) is 10.2. The highest BCUT2D eigenvalue weighted by molar-refractivity contribution is 4.83. The molecule has 0 spiro atoms. The topological polar surface area (TPSA) is 12.0 Å². The minimum absolute atomic E-state index is 0.863. The van der Waals surface area contributed by atoms with E-state index in [4.69, 9.17) is 0 Å². The Bertz CT molecular complexity index is 210. The number of nitrogens with one attached hydrogen (secondary N) is 1. The van der Waals surface area contributed by atoms with E-state index in [0.717, 1.165) is 30.0 Å². The Morgan fingerprint density at radius 3 is 2.33 bits per heavy atom. The third-order valence-electron chi connectivity index (χ3n) is 4.11. The standard InChI is InChI=1S/C17H35N/c1-7-10-17(16(6)8-2)13-15(5)11-9-12-18-14(3)4/h15-18H,3,7-13H2,1-2,4-6H3. The fourth-order valence-electron chi connectivity index (χ4n) is 2.73. The van der Waals surface area contributed by atoms with E-state index in [0.29, 0.717) is 0 Å². The van der Waals surface area contributed by atoms with Crippen LogP contribution in [0.2, 0.25) is 0 Å². The molecule has 108 valence electrons. The molecule has 3 unspecified atom stereocenters. The van der Waals surface area contributed by atoms with Gasteiger partial charge < -0.3 is 5.32 Å². The van der Waals surface area contributed by atoms with Gasteiger partial charge in [-0.25, -0.2) is 0 Å². The monoisotopic (exact) mass is 253 g/mol. The second-order valence-electron chi connectivity index (χ2n) is 6.12. The lowest BCUT2D eigenvalue weighted by Crippen LogP contribution is -2.16. The Hall–Kier alpha value is -0.460. The maximum Gasteiger partial charge on any atom is 0.0143 e. The predicted molar refractivity (Wildman–Crippen MR) is 83.7 cm³/mol. The van der Waals surface area contributed by atoms with Crippen molar-refractivity contribution in [1.82, 2.24) is 5.32 Å². The molecule has 0 saturated carbocycles. The van der Waals surface area contributed by atoms with Gasteiger partial charge in [-0.3, -0.25) is 0 Å². The zero-order valence-corrected chi connectivity index (χ0v) is 13.4. The van der Waals surface area contributed by atoms with E-state index in [-0.39, 0.29) is 0 Å². The van der Waals surface area contributed by atoms with Gasteiger partial charge in [0.25, 0.3) is 0 Å². The summed E-state index contributed by atoms with van der Waals surface area (Å²) in [4.78, 5) is 0. The van der Waals surface area contributed by atoms with Gasteiger partial charge in [-0.15, -0.1) is 0 Å². The molecule has 18 heavy (non-hydrogen) atoms. The maximum absolute atomic E-state index is 3.87. The molecule has 0 aromatic rings. The fraction of sp³-hybridized carbons (Fsp3) is 0.882. The lowest BCUT2D eigenvalue weighted by atomic mass is 9.80. The number of hydrogen-bond donors (Lipinski definition) is 1. The Morgan fingerprint density at radius 2 is 1.83 bits per heavy atom. The van der Waals surface area contributed by atoms with Crippen LogP contribution in [0, 0.1) is 17.8 Å². The van der Waals surface area contributed by atoms with Crippen LogP contribution >= 0.6 is 0 Å². The summed E-state index contributed by atoms with van der Waals surface area (Å²) in [5, 5.41) is 3.32. The zero-order valence-electron chi connectivity index (χ0n) is 13.4. The average molecular weight is 253 g/mol. The Balaban J connectivity index is 3.86. The first kappa shape index (κ1) is 17.5. The molecule has 0 rings (SSSR count). The van der Waals surface area contributed by atoms with Gasteiger partial charge >= 0.3 is 0 Å². The third-order valence-corrected chi connectivity index (χ3v) is 4.11. The summed E-state index contributed by atoms with van der Waals surface area (Å²) in [5.74, 6) is 2.69. The van der Waals surface area contributed by atoms with Crippen molar-refractivity contribution in [2.45, 2.75) is 73.1 Å². The van der Waals surface area contributed by atoms with Gasteiger partial charge in [0.05, 0.1) is 0 Å². The smallest absolute Gasteiger partial charge is 0.0143 e. The second-order valence-corrected chi connectivity index (χ2v) is 6.12. The molecular weight excluding hydrogens is 218 g/mol. The Morgan fingerprint density at radius 1 is 1.17 bits per heavy atom. The van der Waals surface area contributed by atoms with Crippen LogP contribution in [0.4, 0.5) is 0 Å². The van der Waals surface area contributed by atoms with Crippen molar-refractivity contribution in [3.05, 3.63) is 12.3 Å². The van der Waals surface area contributed by atoms with Gasteiger partial charge in [-0.05, 0) is 43.9 Å². The molecular formula is C17H35N. The lowest BCUT2D eigenvalue weighted by molar-refractivity contribution is 0.258. The van der Waals surface area contributed by atoms with Crippen molar-refractivity contribution in [3.63, 3.8) is 0 Å². The molecule has 0 aliphatic rings.